The molecule has 0 atom stereocenters. The molecular weight excluding hydrogens is 489 g/mol. The third kappa shape index (κ3) is 5.88. The SMILES string of the molecule is [B]c1cccc(-c2csc(NC(=O)CSc3nc4ccccc4c(=O)n3CCN3CCCCC3)n2)c1. The molecule has 2 radical (unpaired) electrons. The number of fused-ring (bicyclic) bond motifs is 1. The fourth-order valence-electron chi connectivity index (χ4n) is 4.33. The lowest BCUT2D eigenvalue weighted by molar-refractivity contribution is -0.113. The van der Waals surface area contributed by atoms with Crippen LogP contribution in [0.25, 0.3) is 22.2 Å². The summed E-state index contributed by atoms with van der Waals surface area (Å²) in [4.78, 5) is 37.7. The van der Waals surface area contributed by atoms with Crippen LogP contribution >= 0.6 is 23.1 Å². The molecule has 7 nitrogen and oxygen atoms in total. The fraction of sp³-hybridized carbons (Fsp3) is 0.308. The number of nitrogens with one attached hydrogen (secondary N) is 1. The molecule has 0 bridgehead atoms. The second-order valence-corrected chi connectivity index (χ2v) is 10.6. The molecule has 5 rings (SSSR count). The molecule has 1 saturated heterocycles. The van der Waals surface area contributed by atoms with E-state index in [1.54, 1.807) is 4.57 Å². The van der Waals surface area contributed by atoms with Crippen molar-refractivity contribution in [2.24, 2.45) is 0 Å². The molecular formula is C26H26BN5O2S2. The second kappa shape index (κ2) is 11.4. The van der Waals surface area contributed by atoms with Crippen molar-refractivity contribution in [2.75, 3.05) is 30.7 Å². The minimum absolute atomic E-state index is 0.0628. The summed E-state index contributed by atoms with van der Waals surface area (Å²) >= 11 is 2.64. The average Bonchev–Trinajstić information content (AvgIpc) is 3.36. The number of aromatic nitrogens is 3. The Kier molecular flexibility index (Phi) is 7.84. The molecule has 1 fully saturated rings. The molecule has 36 heavy (non-hydrogen) atoms. The summed E-state index contributed by atoms with van der Waals surface area (Å²) in [6.45, 7) is 3.47. The van der Waals surface area contributed by atoms with E-state index in [1.165, 1.54) is 42.4 Å². The van der Waals surface area contributed by atoms with Crippen LogP contribution in [0.3, 0.4) is 0 Å². The van der Waals surface area contributed by atoms with Gasteiger partial charge in [-0.3, -0.25) is 14.2 Å². The Bertz CT molecular complexity index is 1430. The lowest BCUT2D eigenvalue weighted by Gasteiger charge is -2.26. The van der Waals surface area contributed by atoms with Crippen molar-refractivity contribution < 1.29 is 4.79 Å². The van der Waals surface area contributed by atoms with Gasteiger partial charge in [-0.2, -0.15) is 0 Å². The number of carbonyl (C=O) groups excluding carboxylic acids is 1. The highest BCUT2D eigenvalue weighted by Gasteiger charge is 2.16. The highest BCUT2D eigenvalue weighted by Crippen LogP contribution is 2.25. The van der Waals surface area contributed by atoms with Crippen molar-refractivity contribution in [3.05, 3.63) is 64.3 Å². The number of piperidine rings is 1. The molecule has 1 aliphatic rings. The summed E-state index contributed by atoms with van der Waals surface area (Å²) in [6, 6.07) is 14.9. The van der Waals surface area contributed by atoms with E-state index in [4.69, 9.17) is 12.8 Å². The first kappa shape index (κ1) is 24.7. The van der Waals surface area contributed by atoms with Crippen molar-refractivity contribution in [3.63, 3.8) is 0 Å². The number of thioether (sulfide) groups is 1. The summed E-state index contributed by atoms with van der Waals surface area (Å²) in [5.74, 6) is -0.0692. The smallest absolute Gasteiger partial charge is 0.262 e. The number of anilines is 1. The van der Waals surface area contributed by atoms with Crippen LogP contribution in [-0.4, -0.2) is 58.6 Å². The molecule has 0 aliphatic carbocycles. The zero-order chi connectivity index (χ0) is 24.9. The molecule has 0 spiro atoms. The molecule has 2 aromatic carbocycles. The molecule has 0 saturated carbocycles. The summed E-state index contributed by atoms with van der Waals surface area (Å²) in [5, 5.41) is 6.43. The summed E-state index contributed by atoms with van der Waals surface area (Å²) < 4.78 is 1.72. The van der Waals surface area contributed by atoms with E-state index < -0.39 is 0 Å². The Morgan fingerprint density at radius 3 is 2.72 bits per heavy atom. The van der Waals surface area contributed by atoms with E-state index in [0.717, 1.165) is 30.9 Å². The Morgan fingerprint density at radius 1 is 1.06 bits per heavy atom. The normalized spacial score (nSPS) is 14.2. The van der Waals surface area contributed by atoms with Crippen molar-refractivity contribution in [2.45, 2.75) is 31.0 Å². The maximum Gasteiger partial charge on any atom is 0.262 e. The number of carbonyl (C=O) groups is 1. The number of amides is 1. The highest BCUT2D eigenvalue weighted by atomic mass is 32.2. The molecule has 1 aliphatic heterocycles. The largest absolute Gasteiger partial charge is 0.302 e. The highest BCUT2D eigenvalue weighted by molar-refractivity contribution is 7.99. The van der Waals surface area contributed by atoms with Gasteiger partial charge in [0.1, 0.15) is 7.85 Å². The second-order valence-electron chi connectivity index (χ2n) is 8.77. The third-order valence-corrected chi connectivity index (χ3v) is 7.91. The van der Waals surface area contributed by atoms with Gasteiger partial charge in [0.2, 0.25) is 5.91 Å². The summed E-state index contributed by atoms with van der Waals surface area (Å²) in [5.41, 5.74) is 2.91. The Balaban J connectivity index is 1.29. The van der Waals surface area contributed by atoms with E-state index in [1.807, 2.05) is 53.9 Å². The average molecular weight is 515 g/mol. The van der Waals surface area contributed by atoms with Gasteiger partial charge < -0.3 is 10.2 Å². The first-order valence-corrected chi connectivity index (χ1v) is 13.9. The number of benzene rings is 2. The van der Waals surface area contributed by atoms with Crippen LogP contribution < -0.4 is 16.3 Å². The van der Waals surface area contributed by atoms with Gasteiger partial charge in [0.15, 0.2) is 10.3 Å². The van der Waals surface area contributed by atoms with Gasteiger partial charge in [-0.25, -0.2) is 9.97 Å². The van der Waals surface area contributed by atoms with Gasteiger partial charge in [-0.1, -0.05) is 60.0 Å². The molecule has 1 N–H and O–H groups in total. The minimum atomic E-state index is -0.196. The van der Waals surface area contributed by atoms with Crippen LogP contribution in [0.4, 0.5) is 5.13 Å². The molecule has 10 heteroatoms. The monoisotopic (exact) mass is 515 g/mol. The van der Waals surface area contributed by atoms with Crippen LogP contribution in [0.1, 0.15) is 19.3 Å². The maximum absolute atomic E-state index is 13.3. The number of rotatable bonds is 8. The quantitative estimate of drug-likeness (QED) is 0.220. The summed E-state index contributed by atoms with van der Waals surface area (Å²) in [7, 11) is 5.87. The molecule has 0 unspecified atom stereocenters. The van der Waals surface area contributed by atoms with Crippen LogP contribution in [0.5, 0.6) is 0 Å². The molecule has 1 amide bonds. The molecule has 4 aromatic rings. The van der Waals surface area contributed by atoms with Crippen molar-refractivity contribution in [3.8, 4) is 11.3 Å². The Hall–Kier alpha value is -2.95. The molecule has 2 aromatic heterocycles. The van der Waals surface area contributed by atoms with Gasteiger partial charge in [0.05, 0.1) is 22.3 Å². The van der Waals surface area contributed by atoms with Crippen LogP contribution in [0.15, 0.2) is 63.9 Å². The molecule has 3 heterocycles. The lowest BCUT2D eigenvalue weighted by atomic mass is 9.94. The lowest BCUT2D eigenvalue weighted by Crippen LogP contribution is -2.35. The zero-order valence-electron chi connectivity index (χ0n) is 19.9. The maximum atomic E-state index is 13.3. The number of likely N-dealkylation sites (tertiary alicyclic amines) is 1. The van der Waals surface area contributed by atoms with E-state index in [-0.39, 0.29) is 17.2 Å². The number of hydrogen-bond acceptors (Lipinski definition) is 7. The number of para-hydroxylation sites is 1. The van der Waals surface area contributed by atoms with E-state index >= 15 is 0 Å². The number of hydrogen-bond donors (Lipinski definition) is 1. The summed E-state index contributed by atoms with van der Waals surface area (Å²) in [6.07, 6.45) is 3.66. The van der Waals surface area contributed by atoms with Crippen molar-refractivity contribution >= 4 is 58.3 Å². The van der Waals surface area contributed by atoms with Gasteiger partial charge in [0.25, 0.3) is 5.56 Å². The minimum Gasteiger partial charge on any atom is -0.302 e. The predicted molar refractivity (Wildman–Crippen MR) is 149 cm³/mol. The van der Waals surface area contributed by atoms with Crippen molar-refractivity contribution in [1.29, 1.82) is 0 Å². The Labute approximate surface area is 219 Å². The van der Waals surface area contributed by atoms with E-state index in [9.17, 15) is 9.59 Å². The van der Waals surface area contributed by atoms with E-state index in [2.05, 4.69) is 15.2 Å². The fourth-order valence-corrected chi connectivity index (χ4v) is 5.89. The Morgan fingerprint density at radius 2 is 1.89 bits per heavy atom. The first-order valence-electron chi connectivity index (χ1n) is 12.0. The van der Waals surface area contributed by atoms with Crippen molar-refractivity contribution in [1.82, 2.24) is 19.4 Å². The van der Waals surface area contributed by atoms with Gasteiger partial charge in [0, 0.05) is 24.0 Å². The zero-order valence-corrected chi connectivity index (χ0v) is 21.5. The van der Waals surface area contributed by atoms with Gasteiger partial charge in [-0.15, -0.1) is 11.3 Å². The van der Waals surface area contributed by atoms with Crippen LogP contribution in [0, 0.1) is 0 Å². The third-order valence-electron chi connectivity index (χ3n) is 6.18. The number of nitrogens with zero attached hydrogens (tertiary/aromatic N) is 4. The predicted octanol–water partition coefficient (Wildman–Crippen LogP) is 3.53. The topological polar surface area (TPSA) is 80.1 Å². The van der Waals surface area contributed by atoms with Crippen LogP contribution in [0.2, 0.25) is 0 Å². The van der Waals surface area contributed by atoms with Gasteiger partial charge in [-0.05, 0) is 38.1 Å². The van der Waals surface area contributed by atoms with Crippen LogP contribution in [-0.2, 0) is 11.3 Å². The van der Waals surface area contributed by atoms with Gasteiger partial charge >= 0.3 is 0 Å². The molecule has 182 valence electrons. The first-order chi connectivity index (χ1) is 17.6. The van der Waals surface area contributed by atoms with E-state index in [0.29, 0.717) is 33.2 Å². The standard InChI is InChI=1S/C26H26BN5O2S2/c27-19-8-6-7-18(15-19)22-16-35-25(28-22)30-23(33)17-36-26-29-21-10-3-2-9-20(21)24(34)32(26)14-13-31-11-4-1-5-12-31/h2-3,6-10,15-16H,1,4-5,11-14,17H2,(H,28,30,33). The number of thiazole rings is 1.